The molecular formula is C24H32BBrO4S. The van der Waals surface area contributed by atoms with E-state index in [0.717, 1.165) is 23.7 Å². The molecule has 4 nitrogen and oxygen atoms in total. The van der Waals surface area contributed by atoms with Gasteiger partial charge in [0.1, 0.15) is 0 Å². The molecule has 1 fully saturated rings. The molecule has 1 heterocycles. The number of unbranched alkanes of at least 4 members (excludes halogenated alkanes) is 1. The van der Waals surface area contributed by atoms with Gasteiger partial charge in [0.2, 0.25) is 0 Å². The van der Waals surface area contributed by atoms with Crippen LogP contribution in [0.5, 0.6) is 0 Å². The molecule has 1 aromatic rings. The van der Waals surface area contributed by atoms with Gasteiger partial charge in [-0.25, -0.2) is 0 Å². The molecule has 1 aromatic heterocycles. The van der Waals surface area contributed by atoms with Gasteiger partial charge in [-0.05, 0) is 91.3 Å². The highest BCUT2D eigenvalue weighted by Crippen LogP contribution is 2.42. The maximum absolute atomic E-state index is 12.4. The molecule has 4 atom stereocenters. The lowest BCUT2D eigenvalue weighted by molar-refractivity contribution is -0.137. The summed E-state index contributed by atoms with van der Waals surface area (Å²) in [5.74, 6) is -0.356. The highest BCUT2D eigenvalue weighted by atomic mass is 79.9. The van der Waals surface area contributed by atoms with E-state index in [1.54, 1.807) is 17.4 Å². The Morgan fingerprint density at radius 2 is 2.06 bits per heavy atom. The zero-order chi connectivity index (χ0) is 22.8. The molecule has 0 spiro atoms. The highest BCUT2D eigenvalue weighted by Gasteiger charge is 2.39. The molecule has 0 saturated heterocycles. The molecule has 0 bridgehead atoms. The van der Waals surface area contributed by atoms with Crippen molar-refractivity contribution in [3.05, 3.63) is 44.6 Å². The summed E-state index contributed by atoms with van der Waals surface area (Å²) in [6, 6.07) is 2.13. The number of allylic oxidation sites excluding steroid dienone is 4. The fraction of sp³-hybridized carbons (Fsp3) is 0.583. The van der Waals surface area contributed by atoms with Crippen LogP contribution >= 0.6 is 27.3 Å². The van der Waals surface area contributed by atoms with Crippen LogP contribution in [-0.2, 0) is 16.0 Å². The second-order valence-corrected chi connectivity index (χ2v) is 10.5. The van der Waals surface area contributed by atoms with Crippen LogP contribution in [0.3, 0.4) is 0 Å². The molecule has 2 rings (SSSR count). The lowest BCUT2D eigenvalue weighted by Crippen LogP contribution is -2.18. The molecule has 7 heteroatoms. The van der Waals surface area contributed by atoms with Crippen LogP contribution in [0.1, 0.15) is 54.7 Å². The van der Waals surface area contributed by atoms with Crippen molar-refractivity contribution in [2.75, 3.05) is 0 Å². The molecule has 1 aliphatic carbocycles. The summed E-state index contributed by atoms with van der Waals surface area (Å²) in [7, 11) is 5.93. The lowest BCUT2D eigenvalue weighted by atomic mass is 9.80. The molecular weight excluding hydrogens is 475 g/mol. The van der Waals surface area contributed by atoms with Crippen LogP contribution < -0.4 is 0 Å². The summed E-state index contributed by atoms with van der Waals surface area (Å²) in [5.41, 5.74) is 0. The monoisotopic (exact) mass is 506 g/mol. The number of ketones is 1. The van der Waals surface area contributed by atoms with Gasteiger partial charge < -0.3 is 10.2 Å². The number of carboxylic acids is 1. The SMILES string of the molecule is [B]C[C@@H]1CC(O)[C@H](C/C=C\CCCC(=O)O)[C@H]1/C=C/C(=O)CCCc1cc(Br)c(C)s1. The number of halogens is 1. The van der Waals surface area contributed by atoms with Crippen LogP contribution in [0.4, 0.5) is 0 Å². The third kappa shape index (κ3) is 8.70. The summed E-state index contributed by atoms with van der Waals surface area (Å²) >= 11 is 5.30. The number of carboxylic acid groups (broad SMARTS) is 1. The van der Waals surface area contributed by atoms with Crippen molar-refractivity contribution >= 4 is 46.9 Å². The van der Waals surface area contributed by atoms with Crippen LogP contribution in [0.15, 0.2) is 34.8 Å². The minimum absolute atomic E-state index is 0.0415. The van der Waals surface area contributed by atoms with Crippen LogP contribution in [-0.4, -0.2) is 35.9 Å². The molecule has 1 unspecified atom stereocenters. The Balaban J connectivity index is 1.84. The number of aliphatic hydroxyl groups is 1. The van der Waals surface area contributed by atoms with Gasteiger partial charge in [-0.2, -0.15) is 0 Å². The number of aryl methyl sites for hydroxylation is 2. The first-order valence-corrected chi connectivity index (χ1v) is 12.6. The molecule has 168 valence electrons. The summed E-state index contributed by atoms with van der Waals surface area (Å²) in [6.45, 7) is 2.08. The zero-order valence-electron chi connectivity index (χ0n) is 18.1. The number of hydrogen-bond acceptors (Lipinski definition) is 4. The number of rotatable bonds is 13. The molecule has 31 heavy (non-hydrogen) atoms. The van der Waals surface area contributed by atoms with Crippen LogP contribution in [0.25, 0.3) is 0 Å². The average Bonchev–Trinajstić information content (AvgIpc) is 3.20. The van der Waals surface area contributed by atoms with Gasteiger partial charge in [0.15, 0.2) is 5.78 Å². The average molecular weight is 507 g/mol. The largest absolute Gasteiger partial charge is 0.481 e. The number of carbonyl (C=O) groups excluding carboxylic acids is 1. The maximum atomic E-state index is 12.4. The van der Waals surface area contributed by atoms with E-state index in [2.05, 4.69) is 28.9 Å². The molecule has 1 aliphatic rings. The predicted octanol–water partition coefficient (Wildman–Crippen LogP) is 5.67. The Bertz CT molecular complexity index is 769. The number of hydrogen-bond donors (Lipinski definition) is 2. The molecule has 2 N–H and O–H groups in total. The number of carbonyl (C=O) groups is 2. The second kappa shape index (κ2) is 13.4. The summed E-state index contributed by atoms with van der Waals surface area (Å²) < 4.78 is 1.13. The normalized spacial score (nSPS) is 23.8. The maximum Gasteiger partial charge on any atom is 0.303 e. The minimum atomic E-state index is -0.779. The lowest BCUT2D eigenvalue weighted by Gasteiger charge is -2.21. The highest BCUT2D eigenvalue weighted by molar-refractivity contribution is 9.10. The van der Waals surface area contributed by atoms with Gasteiger partial charge in [-0.15, -0.1) is 11.3 Å². The Morgan fingerprint density at radius 1 is 1.29 bits per heavy atom. The van der Waals surface area contributed by atoms with Crippen LogP contribution in [0, 0.1) is 24.7 Å². The predicted molar refractivity (Wildman–Crippen MR) is 131 cm³/mol. The van der Waals surface area contributed by atoms with Crippen molar-refractivity contribution < 1.29 is 19.8 Å². The van der Waals surface area contributed by atoms with E-state index in [1.165, 1.54) is 9.75 Å². The fourth-order valence-electron chi connectivity index (χ4n) is 4.24. The minimum Gasteiger partial charge on any atom is -0.481 e. The van der Waals surface area contributed by atoms with Gasteiger partial charge in [0.25, 0.3) is 0 Å². The van der Waals surface area contributed by atoms with Crippen molar-refractivity contribution in [1.82, 2.24) is 0 Å². The third-order valence-electron chi connectivity index (χ3n) is 5.98. The van der Waals surface area contributed by atoms with Crippen molar-refractivity contribution in [3.63, 3.8) is 0 Å². The number of aliphatic hydroxyl groups excluding tert-OH is 1. The smallest absolute Gasteiger partial charge is 0.303 e. The third-order valence-corrected chi connectivity index (χ3v) is 8.17. The van der Waals surface area contributed by atoms with Gasteiger partial charge in [-0.1, -0.05) is 24.5 Å². The van der Waals surface area contributed by atoms with E-state index >= 15 is 0 Å². The topological polar surface area (TPSA) is 74.6 Å². The van der Waals surface area contributed by atoms with Crippen molar-refractivity contribution in [1.29, 1.82) is 0 Å². The van der Waals surface area contributed by atoms with Crippen molar-refractivity contribution in [3.8, 4) is 0 Å². The van der Waals surface area contributed by atoms with Crippen molar-refractivity contribution in [2.45, 2.75) is 70.7 Å². The molecule has 0 amide bonds. The standard InChI is InChI=1S/C24H32BBrO4S/c1-16-22(26)14-19(31-16)8-6-7-18(27)11-12-20-17(15-25)13-23(28)21(20)9-4-2-3-5-10-24(29)30/h2,4,11-12,14,17,20-21,23,28H,3,5-10,13,15H2,1H3,(H,29,30)/b4-2-,12-11+/t17-,20-,21+,23?/m0/s1. The number of aliphatic carboxylic acids is 1. The summed E-state index contributed by atoms with van der Waals surface area (Å²) in [4.78, 5) is 25.5. The first-order valence-electron chi connectivity index (χ1n) is 11.0. The second-order valence-electron chi connectivity index (χ2n) is 8.33. The number of thiophene rings is 1. The van der Waals surface area contributed by atoms with Gasteiger partial charge in [-0.3, -0.25) is 9.59 Å². The Hall–Kier alpha value is -1.18. The fourth-order valence-corrected chi connectivity index (χ4v) is 5.88. The van der Waals surface area contributed by atoms with Crippen molar-refractivity contribution in [2.24, 2.45) is 17.8 Å². The van der Waals surface area contributed by atoms with E-state index in [0.29, 0.717) is 32.0 Å². The van der Waals surface area contributed by atoms with E-state index in [1.807, 2.05) is 18.2 Å². The molecule has 0 aliphatic heterocycles. The van der Waals surface area contributed by atoms with Gasteiger partial charge >= 0.3 is 5.97 Å². The van der Waals surface area contributed by atoms with E-state index in [9.17, 15) is 14.7 Å². The Morgan fingerprint density at radius 3 is 2.71 bits per heavy atom. The summed E-state index contributed by atoms with van der Waals surface area (Å²) in [6.07, 6.45) is 12.8. The van der Waals surface area contributed by atoms with Gasteiger partial charge in [0.05, 0.1) is 14.0 Å². The van der Waals surface area contributed by atoms with Crippen LogP contribution in [0.2, 0.25) is 6.32 Å². The molecule has 0 aromatic carbocycles. The summed E-state index contributed by atoms with van der Waals surface area (Å²) in [5, 5.41) is 19.2. The zero-order valence-corrected chi connectivity index (χ0v) is 20.5. The first-order chi connectivity index (χ1) is 14.8. The Kier molecular flexibility index (Phi) is 11.3. The molecule has 2 radical (unpaired) electrons. The van der Waals surface area contributed by atoms with Gasteiger partial charge in [0, 0.05) is 27.1 Å². The Labute approximate surface area is 199 Å². The quantitative estimate of drug-likeness (QED) is 0.156. The van der Waals surface area contributed by atoms with E-state index in [-0.39, 0.29) is 30.0 Å². The molecule has 1 saturated carbocycles. The van der Waals surface area contributed by atoms with E-state index in [4.69, 9.17) is 13.0 Å². The first kappa shape index (κ1) is 26.1. The van der Waals surface area contributed by atoms with E-state index < -0.39 is 12.1 Å².